The van der Waals surface area contributed by atoms with Crippen molar-refractivity contribution in [3.8, 4) is 17.7 Å². The van der Waals surface area contributed by atoms with Crippen molar-refractivity contribution in [1.29, 1.82) is 5.26 Å². The van der Waals surface area contributed by atoms with Crippen LogP contribution in [0.1, 0.15) is 46.4 Å². The Morgan fingerprint density at radius 1 is 1.15 bits per heavy atom. The molecule has 0 spiro atoms. The lowest BCUT2D eigenvalue weighted by molar-refractivity contribution is 0.211. The van der Waals surface area contributed by atoms with Crippen molar-refractivity contribution in [3.63, 3.8) is 0 Å². The zero-order valence-electron chi connectivity index (χ0n) is 23.7. The van der Waals surface area contributed by atoms with Crippen molar-refractivity contribution >= 4 is 33.6 Å². The number of aromatic nitrogens is 2. The highest BCUT2D eigenvalue weighted by atomic mass is 32.2. The lowest BCUT2D eigenvalue weighted by atomic mass is 10.0. The van der Waals surface area contributed by atoms with E-state index in [9.17, 15) is 8.42 Å². The fourth-order valence-corrected chi connectivity index (χ4v) is 6.95. The number of likely N-dealkylation sites (tertiary alicyclic amines) is 1. The van der Waals surface area contributed by atoms with Crippen LogP contribution in [0.25, 0.3) is 6.08 Å². The molecule has 1 aromatic heterocycles. The van der Waals surface area contributed by atoms with Crippen LogP contribution in [0, 0.1) is 25.2 Å². The Balaban J connectivity index is 1.26. The van der Waals surface area contributed by atoms with Crippen molar-refractivity contribution in [3.05, 3.63) is 76.0 Å². The Morgan fingerprint density at radius 2 is 1.85 bits per heavy atom. The molecular weight excluding hydrogens is 555 g/mol. The number of nitrogens with zero attached hydrogens (tertiary/aromatic N) is 4. The Kier molecular flexibility index (Phi) is 8.97. The van der Waals surface area contributed by atoms with Gasteiger partial charge in [-0.15, -0.1) is 0 Å². The summed E-state index contributed by atoms with van der Waals surface area (Å²) in [6, 6.07) is 13.5. The fourth-order valence-electron chi connectivity index (χ4n) is 5.34. The molecule has 0 atom stereocenters. The molecule has 2 aromatic carbocycles. The van der Waals surface area contributed by atoms with Crippen LogP contribution in [0.5, 0.6) is 11.6 Å². The monoisotopic (exact) mass is 589 g/mol. The van der Waals surface area contributed by atoms with Gasteiger partial charge in [0.25, 0.3) is 0 Å². The second kappa shape index (κ2) is 12.6. The summed E-state index contributed by atoms with van der Waals surface area (Å²) in [5.74, 6) is 3.88. The molecule has 0 saturated carbocycles. The Hall–Kier alpha value is -3.39. The summed E-state index contributed by atoms with van der Waals surface area (Å²) in [6.07, 6.45) is 7.33. The molecule has 1 saturated heterocycles. The maximum atomic E-state index is 11.7. The highest BCUT2D eigenvalue weighted by Gasteiger charge is 2.24. The number of aryl methyl sites for hydroxylation is 3. The first-order chi connectivity index (χ1) is 19.7. The van der Waals surface area contributed by atoms with Gasteiger partial charge >= 0.3 is 0 Å². The molecule has 1 N–H and O–H groups in total. The van der Waals surface area contributed by atoms with Crippen molar-refractivity contribution in [1.82, 2.24) is 14.9 Å². The number of ether oxygens (including phenoxy) is 1. The third-order valence-electron chi connectivity index (χ3n) is 7.49. The molecule has 3 heterocycles. The van der Waals surface area contributed by atoms with Crippen LogP contribution in [-0.2, 0) is 28.6 Å². The molecule has 2 aliphatic heterocycles. The molecule has 8 nitrogen and oxygen atoms in total. The number of hydrogen-bond donors (Lipinski definition) is 1. The lowest BCUT2D eigenvalue weighted by Crippen LogP contribution is -2.39. The summed E-state index contributed by atoms with van der Waals surface area (Å²) in [5, 5.41) is 12.5. The summed E-state index contributed by atoms with van der Waals surface area (Å²) in [6.45, 7) is 6.69. The topological polar surface area (TPSA) is 108 Å². The number of sulfone groups is 1. The highest BCUT2D eigenvalue weighted by Crippen LogP contribution is 2.36. The van der Waals surface area contributed by atoms with Crippen molar-refractivity contribution in [2.75, 3.05) is 30.4 Å². The number of rotatable bonds is 8. The van der Waals surface area contributed by atoms with Crippen LogP contribution in [0.15, 0.2) is 47.4 Å². The Morgan fingerprint density at radius 3 is 2.51 bits per heavy atom. The molecule has 3 aromatic rings. The van der Waals surface area contributed by atoms with Gasteiger partial charge in [-0.1, -0.05) is 12.1 Å². The molecule has 1 fully saturated rings. The smallest absolute Gasteiger partial charge is 0.228 e. The normalized spacial score (nSPS) is 16.3. The van der Waals surface area contributed by atoms with E-state index >= 15 is 0 Å². The van der Waals surface area contributed by atoms with E-state index < -0.39 is 9.84 Å². The van der Waals surface area contributed by atoms with E-state index in [-0.39, 0.29) is 6.04 Å². The lowest BCUT2D eigenvalue weighted by Gasteiger charge is -2.32. The first kappa shape index (κ1) is 29.1. The standard InChI is InChI=1S/C31H35N5O3S2/c1-21-17-24(5-4-13-32)18-22(2)29(21)39-30-27-20-40-16-12-28(27)34-31(35-30)33-25-10-14-36(15-11-25)19-23-6-8-26(9-7-23)41(3,37)38/h4-9,17-18,25H,10-12,14-16,19-20H2,1-3H3,(H,33,34,35)/b5-4+. The molecule has 41 heavy (non-hydrogen) atoms. The molecule has 5 rings (SSSR count). The van der Waals surface area contributed by atoms with Crippen LogP contribution in [-0.4, -0.2) is 54.4 Å². The molecular formula is C31H35N5O3S2. The zero-order chi connectivity index (χ0) is 29.0. The van der Waals surface area contributed by atoms with E-state index in [1.54, 1.807) is 18.2 Å². The molecule has 214 valence electrons. The Bertz CT molecular complexity index is 1570. The van der Waals surface area contributed by atoms with E-state index in [4.69, 9.17) is 20.0 Å². The molecule has 0 amide bonds. The average Bonchev–Trinajstić information content (AvgIpc) is 2.94. The van der Waals surface area contributed by atoms with Crippen LogP contribution in [0.4, 0.5) is 5.95 Å². The summed E-state index contributed by atoms with van der Waals surface area (Å²) in [4.78, 5) is 12.5. The van der Waals surface area contributed by atoms with Crippen LogP contribution in [0.3, 0.4) is 0 Å². The number of anilines is 1. The van der Waals surface area contributed by atoms with E-state index in [1.807, 2.05) is 55.9 Å². The Labute approximate surface area is 246 Å². The van der Waals surface area contributed by atoms with Gasteiger partial charge in [-0.3, -0.25) is 4.90 Å². The van der Waals surface area contributed by atoms with Crippen molar-refractivity contribution in [2.24, 2.45) is 0 Å². The summed E-state index contributed by atoms with van der Waals surface area (Å²) in [7, 11) is -3.18. The number of nitriles is 1. The van der Waals surface area contributed by atoms with Gasteiger partial charge in [0.2, 0.25) is 11.8 Å². The van der Waals surface area contributed by atoms with Gasteiger partial charge in [-0.2, -0.15) is 22.0 Å². The van der Waals surface area contributed by atoms with Gasteiger partial charge in [-0.25, -0.2) is 13.4 Å². The minimum Gasteiger partial charge on any atom is -0.438 e. The first-order valence-corrected chi connectivity index (χ1v) is 16.8. The SMILES string of the molecule is Cc1cc(/C=C/C#N)cc(C)c1Oc1nc(NC2CCN(Cc3ccc(S(C)(=O)=O)cc3)CC2)nc2c1CSCC2. The van der Waals surface area contributed by atoms with Crippen molar-refractivity contribution in [2.45, 2.75) is 56.3 Å². The van der Waals surface area contributed by atoms with Gasteiger partial charge in [-0.05, 0) is 91.5 Å². The number of benzene rings is 2. The van der Waals surface area contributed by atoms with Crippen molar-refractivity contribution < 1.29 is 13.2 Å². The molecule has 0 unspecified atom stereocenters. The maximum Gasteiger partial charge on any atom is 0.228 e. The van der Waals surface area contributed by atoms with E-state index in [1.165, 1.54) is 12.3 Å². The van der Waals surface area contributed by atoms with Gasteiger partial charge in [0.1, 0.15) is 5.75 Å². The highest BCUT2D eigenvalue weighted by molar-refractivity contribution is 7.98. The molecule has 0 radical (unpaired) electrons. The van der Waals surface area contributed by atoms with E-state index in [2.05, 4.69) is 10.2 Å². The van der Waals surface area contributed by atoms with E-state index in [0.717, 1.165) is 89.7 Å². The average molecular weight is 590 g/mol. The summed E-state index contributed by atoms with van der Waals surface area (Å²) < 4.78 is 30.0. The molecule has 0 bridgehead atoms. The van der Waals surface area contributed by atoms with Gasteiger partial charge < -0.3 is 10.1 Å². The molecule has 10 heteroatoms. The predicted octanol–water partition coefficient (Wildman–Crippen LogP) is 5.69. The molecule has 2 aliphatic rings. The largest absolute Gasteiger partial charge is 0.438 e. The summed E-state index contributed by atoms with van der Waals surface area (Å²) in [5.41, 5.74) is 6.18. The minimum absolute atomic E-state index is 0.261. The van der Waals surface area contributed by atoms with Crippen LogP contribution < -0.4 is 10.1 Å². The number of allylic oxidation sites excluding steroid dienone is 1. The fraction of sp³-hybridized carbons (Fsp3) is 0.387. The van der Waals surface area contributed by atoms with E-state index in [0.29, 0.717) is 16.7 Å². The maximum absolute atomic E-state index is 11.7. The number of nitrogens with one attached hydrogen (secondary N) is 1. The van der Waals surface area contributed by atoms with Gasteiger partial charge in [0, 0.05) is 49.3 Å². The predicted molar refractivity (Wildman–Crippen MR) is 164 cm³/mol. The van der Waals surface area contributed by atoms with Gasteiger partial charge in [0.15, 0.2) is 9.84 Å². The number of fused-ring (bicyclic) bond motifs is 1. The second-order valence-corrected chi connectivity index (χ2v) is 13.9. The molecule has 0 aliphatic carbocycles. The second-order valence-electron chi connectivity index (χ2n) is 10.7. The number of piperidine rings is 1. The zero-order valence-corrected chi connectivity index (χ0v) is 25.3. The van der Waals surface area contributed by atoms with Gasteiger partial charge in [0.05, 0.1) is 16.7 Å². The van der Waals surface area contributed by atoms with Crippen LogP contribution >= 0.6 is 11.8 Å². The quantitative estimate of drug-likeness (QED) is 0.331. The van der Waals surface area contributed by atoms with Crippen LogP contribution in [0.2, 0.25) is 0 Å². The number of hydrogen-bond acceptors (Lipinski definition) is 9. The third-order valence-corrected chi connectivity index (χ3v) is 9.61. The first-order valence-electron chi connectivity index (χ1n) is 13.8. The third kappa shape index (κ3) is 7.28. The number of thioether (sulfide) groups is 1. The summed E-state index contributed by atoms with van der Waals surface area (Å²) >= 11 is 1.87. The minimum atomic E-state index is -3.18.